The first-order valence-corrected chi connectivity index (χ1v) is 19.3. The Kier molecular flexibility index (Phi) is 10.8. The molecule has 0 amide bonds. The van der Waals surface area contributed by atoms with Crippen molar-refractivity contribution in [3.63, 3.8) is 0 Å². The lowest BCUT2D eigenvalue weighted by molar-refractivity contribution is -0.107. The van der Waals surface area contributed by atoms with E-state index in [4.69, 9.17) is 0 Å². The smallest absolute Gasteiger partial charge is 0.185 e. The van der Waals surface area contributed by atoms with Gasteiger partial charge < -0.3 is 0 Å². The Morgan fingerprint density at radius 1 is 0.533 bits per heavy atom. The van der Waals surface area contributed by atoms with Crippen LogP contribution in [-0.2, 0) is 9.59 Å². The molecule has 1 heterocycles. The van der Waals surface area contributed by atoms with E-state index in [9.17, 15) is 9.59 Å². The van der Waals surface area contributed by atoms with E-state index >= 15 is 0 Å². The molecule has 0 aliphatic carbocycles. The van der Waals surface area contributed by atoms with E-state index in [1.54, 1.807) is 0 Å². The first kappa shape index (κ1) is 28.8. The van der Waals surface area contributed by atoms with Gasteiger partial charge in [-0.2, -0.15) is 0 Å². The van der Waals surface area contributed by atoms with Crippen LogP contribution in [0.3, 0.4) is 0 Å². The van der Waals surface area contributed by atoms with Crippen LogP contribution in [0.25, 0.3) is 0 Å². The third kappa shape index (κ3) is 4.20. The molecule has 0 unspecified atom stereocenters. The van der Waals surface area contributed by atoms with Crippen molar-refractivity contribution in [1.82, 2.24) is 0 Å². The Balaban J connectivity index is 4.43. The molecule has 1 aliphatic heterocycles. The Labute approximate surface area is 190 Å². The number of rotatable bonds is 10. The third-order valence-corrected chi connectivity index (χ3v) is 26.3. The molecule has 1 aliphatic rings. The van der Waals surface area contributed by atoms with Crippen molar-refractivity contribution < 1.29 is 9.59 Å². The van der Waals surface area contributed by atoms with Crippen molar-refractivity contribution in [1.29, 1.82) is 0 Å². The zero-order valence-electron chi connectivity index (χ0n) is 21.7. The van der Waals surface area contributed by atoms with Crippen LogP contribution in [0.1, 0.15) is 83.1 Å². The topological polar surface area (TPSA) is 34.1 Å². The highest BCUT2D eigenvalue weighted by atomic mass is 31.2. The largest absolute Gasteiger partial charge is 0.289 e. The second-order valence-electron chi connectivity index (χ2n) is 9.53. The molecular formula is C24H48O2P4. The maximum atomic E-state index is 14.9. The molecular weight excluding hydrogens is 444 g/mol. The van der Waals surface area contributed by atoms with Gasteiger partial charge in [0.15, 0.2) is 11.0 Å². The lowest BCUT2D eigenvalue weighted by Gasteiger charge is -2.50. The Bertz CT molecular complexity index is 663. The number of hydrogen-bond acceptors (Lipinski definition) is 2. The van der Waals surface area contributed by atoms with Crippen molar-refractivity contribution in [2.75, 3.05) is 24.6 Å². The summed E-state index contributed by atoms with van der Waals surface area (Å²) < 4.78 is 0. The molecule has 30 heavy (non-hydrogen) atoms. The van der Waals surface area contributed by atoms with Crippen molar-refractivity contribution in [3.05, 3.63) is 0 Å². The summed E-state index contributed by atoms with van der Waals surface area (Å²) in [7, 11) is -1.06. The number of carbonyl (C=O) groups excluding carboxylic acids is 2. The predicted molar refractivity (Wildman–Crippen MR) is 150 cm³/mol. The fourth-order valence-corrected chi connectivity index (χ4v) is 28.8. The van der Waals surface area contributed by atoms with Crippen LogP contribution in [0, 0.1) is 0 Å². The fourth-order valence-electron chi connectivity index (χ4n) is 5.73. The molecule has 0 fully saturated rings. The predicted octanol–water partition coefficient (Wildman–Crippen LogP) is 8.03. The van der Waals surface area contributed by atoms with E-state index in [0.717, 1.165) is 24.6 Å². The third-order valence-electron chi connectivity index (χ3n) is 7.14. The SMILES string of the molecule is CCP(CC)C1=P(C(C)C)(C(C)C)C(=O)C(P(CC)CC)=P(C(C)C)(C(C)C)C1=O. The molecule has 0 aromatic carbocycles. The summed E-state index contributed by atoms with van der Waals surface area (Å²) in [6.07, 6.45) is 4.12. The monoisotopic (exact) mass is 492 g/mol. The van der Waals surface area contributed by atoms with Gasteiger partial charge in [0.1, 0.15) is 0 Å². The highest BCUT2D eigenvalue weighted by molar-refractivity contribution is 8.22. The summed E-state index contributed by atoms with van der Waals surface area (Å²) in [5.74, 6) is 0. The fraction of sp³-hybridized carbons (Fsp3) is 0.833. The van der Waals surface area contributed by atoms with Crippen molar-refractivity contribution in [3.8, 4) is 0 Å². The highest BCUT2D eigenvalue weighted by Crippen LogP contribution is 2.77. The number of hydrogen-bond donors (Lipinski definition) is 0. The summed E-state index contributed by atoms with van der Waals surface area (Å²) >= 11 is 0. The molecule has 1 rings (SSSR count). The van der Waals surface area contributed by atoms with E-state index < -0.39 is 29.6 Å². The van der Waals surface area contributed by atoms with Crippen LogP contribution in [0.4, 0.5) is 0 Å². The zero-order valence-corrected chi connectivity index (χ0v) is 25.3. The van der Waals surface area contributed by atoms with Gasteiger partial charge in [0.05, 0.1) is 0 Å². The van der Waals surface area contributed by atoms with E-state index in [-0.39, 0.29) is 22.6 Å². The lowest BCUT2D eigenvalue weighted by Crippen LogP contribution is -2.40. The minimum Gasteiger partial charge on any atom is -0.289 e. The molecule has 0 aromatic rings. The Hall–Kier alpha value is 0.800. The molecule has 0 spiro atoms. The second-order valence-corrected chi connectivity index (χ2v) is 24.8. The van der Waals surface area contributed by atoms with Crippen molar-refractivity contribution >= 4 is 50.7 Å². The normalized spacial score (nSPS) is 19.5. The lowest BCUT2D eigenvalue weighted by atomic mass is 10.5. The van der Waals surface area contributed by atoms with E-state index in [1.807, 2.05) is 0 Å². The average Bonchev–Trinajstić information content (AvgIpc) is 2.65. The van der Waals surface area contributed by atoms with Crippen LogP contribution in [0.5, 0.6) is 0 Å². The van der Waals surface area contributed by atoms with Gasteiger partial charge in [-0.05, 0) is 61.1 Å². The van der Waals surface area contributed by atoms with E-state index in [2.05, 4.69) is 83.1 Å². The van der Waals surface area contributed by atoms with Crippen molar-refractivity contribution in [2.24, 2.45) is 0 Å². The van der Waals surface area contributed by atoms with Crippen LogP contribution >= 0.6 is 29.6 Å². The van der Waals surface area contributed by atoms with Gasteiger partial charge >= 0.3 is 0 Å². The molecule has 0 saturated heterocycles. The number of carbonyl (C=O) groups is 2. The molecule has 176 valence electrons. The van der Waals surface area contributed by atoms with Gasteiger partial charge in [-0.3, -0.25) is 9.59 Å². The summed E-state index contributed by atoms with van der Waals surface area (Å²) in [5, 5.41) is 2.39. The molecule has 0 radical (unpaired) electrons. The summed E-state index contributed by atoms with van der Waals surface area (Å²) in [6.45, 7) is 22.5. The van der Waals surface area contributed by atoms with Crippen LogP contribution in [-0.4, -0.2) is 68.4 Å². The van der Waals surface area contributed by atoms with Gasteiger partial charge in [0.2, 0.25) is 0 Å². The van der Waals surface area contributed by atoms with Crippen LogP contribution in [0.15, 0.2) is 0 Å². The Morgan fingerprint density at radius 3 is 0.867 bits per heavy atom. The van der Waals surface area contributed by atoms with Gasteiger partial charge in [0, 0.05) is 10.1 Å². The average molecular weight is 493 g/mol. The quantitative estimate of drug-likeness (QED) is 0.289. The zero-order chi connectivity index (χ0) is 23.6. The first-order chi connectivity index (χ1) is 13.9. The van der Waals surface area contributed by atoms with Gasteiger partial charge in [-0.15, -0.1) is 0 Å². The molecule has 2 nitrogen and oxygen atoms in total. The van der Waals surface area contributed by atoms with E-state index in [1.165, 1.54) is 10.1 Å². The van der Waals surface area contributed by atoms with Gasteiger partial charge in [0.25, 0.3) is 0 Å². The van der Waals surface area contributed by atoms with E-state index in [0.29, 0.717) is 11.0 Å². The van der Waals surface area contributed by atoms with Crippen LogP contribution < -0.4 is 0 Å². The minimum absolute atomic E-state index is 0.258. The highest BCUT2D eigenvalue weighted by Gasteiger charge is 2.54. The molecule has 6 heteroatoms. The van der Waals surface area contributed by atoms with Gasteiger partial charge in [-0.25, -0.2) is 0 Å². The summed E-state index contributed by atoms with van der Waals surface area (Å²) in [4.78, 5) is 29.8. The summed E-state index contributed by atoms with van der Waals surface area (Å²) in [6, 6.07) is 0. The molecule has 0 aromatic heterocycles. The second kappa shape index (κ2) is 11.3. The molecule has 0 N–H and O–H groups in total. The molecule has 0 bridgehead atoms. The first-order valence-electron chi connectivity index (χ1n) is 12.0. The standard InChI is InChI=1S/C24H48O2P4/c1-13-27(14-2)23-21(25)30(19(9)10,20(11)12)24(28(15-3)16-4)22(26)29(23,17(5)6)18(7)8/h17-20H,13-16H2,1-12H3. The summed E-state index contributed by atoms with van der Waals surface area (Å²) in [5.41, 5.74) is 2.04. The Morgan fingerprint density at radius 2 is 0.733 bits per heavy atom. The maximum Gasteiger partial charge on any atom is 0.185 e. The minimum atomic E-state index is -2.21. The molecule has 0 saturated carbocycles. The van der Waals surface area contributed by atoms with Crippen molar-refractivity contribution in [2.45, 2.75) is 106 Å². The van der Waals surface area contributed by atoms with Gasteiger partial charge in [-0.1, -0.05) is 98.9 Å². The maximum absolute atomic E-state index is 14.9. The molecule has 0 atom stereocenters. The van der Waals surface area contributed by atoms with Crippen LogP contribution in [0.2, 0.25) is 0 Å².